The maximum Gasteiger partial charge on any atom is 0.315 e. The van der Waals surface area contributed by atoms with Crippen molar-refractivity contribution in [3.8, 4) is 0 Å². The van der Waals surface area contributed by atoms with Crippen LogP contribution in [0, 0.1) is 5.82 Å². The van der Waals surface area contributed by atoms with E-state index in [0.717, 1.165) is 0 Å². The minimum atomic E-state index is -1.19. The van der Waals surface area contributed by atoms with Crippen LogP contribution >= 0.6 is 11.6 Å². The molecule has 1 atom stereocenters. The van der Waals surface area contributed by atoms with E-state index in [9.17, 15) is 14.3 Å². The zero-order valence-corrected chi connectivity index (χ0v) is 9.22. The quantitative estimate of drug-likeness (QED) is 0.833. The van der Waals surface area contributed by atoms with Crippen LogP contribution in [-0.4, -0.2) is 24.2 Å². The van der Waals surface area contributed by atoms with Gasteiger partial charge in [0.1, 0.15) is 11.2 Å². The van der Waals surface area contributed by atoms with Crippen molar-refractivity contribution in [2.75, 3.05) is 13.1 Å². The van der Waals surface area contributed by atoms with Gasteiger partial charge in [0.2, 0.25) is 0 Å². The largest absolute Gasteiger partial charge is 0.481 e. The Labute approximate surface area is 97.2 Å². The molecule has 0 aromatic heterocycles. The van der Waals surface area contributed by atoms with E-state index in [1.54, 1.807) is 6.07 Å². The normalized spacial score (nSPS) is 24.6. The number of benzene rings is 1. The van der Waals surface area contributed by atoms with Crippen LogP contribution < -0.4 is 5.32 Å². The monoisotopic (exact) mass is 243 g/mol. The Hall–Kier alpha value is -1.13. The van der Waals surface area contributed by atoms with Gasteiger partial charge in [-0.15, -0.1) is 0 Å². The number of aliphatic carboxylic acids is 1. The molecule has 2 N–H and O–H groups in total. The molecule has 0 spiro atoms. The van der Waals surface area contributed by atoms with Crippen molar-refractivity contribution in [3.05, 3.63) is 34.6 Å². The molecule has 0 amide bonds. The van der Waals surface area contributed by atoms with Gasteiger partial charge >= 0.3 is 5.97 Å². The SMILES string of the molecule is O=C(O)C1(c2cccc(Cl)c2F)CCNC1. The molecule has 0 saturated carbocycles. The van der Waals surface area contributed by atoms with Crippen molar-refractivity contribution < 1.29 is 14.3 Å². The van der Waals surface area contributed by atoms with Gasteiger partial charge in [0, 0.05) is 12.1 Å². The van der Waals surface area contributed by atoms with Crippen molar-refractivity contribution in [2.45, 2.75) is 11.8 Å². The van der Waals surface area contributed by atoms with Crippen LogP contribution in [0.1, 0.15) is 12.0 Å². The molecule has 2 rings (SSSR count). The second-order valence-corrected chi connectivity index (χ2v) is 4.32. The van der Waals surface area contributed by atoms with Crippen LogP contribution in [0.5, 0.6) is 0 Å². The number of carboxylic acid groups (broad SMARTS) is 1. The number of carboxylic acids is 1. The lowest BCUT2D eigenvalue weighted by atomic mass is 9.79. The first kappa shape index (κ1) is 11.4. The third-order valence-electron chi connectivity index (χ3n) is 3.03. The van der Waals surface area contributed by atoms with Crippen molar-refractivity contribution in [1.29, 1.82) is 0 Å². The van der Waals surface area contributed by atoms with E-state index in [0.29, 0.717) is 13.0 Å². The number of carbonyl (C=O) groups is 1. The third kappa shape index (κ3) is 1.58. The summed E-state index contributed by atoms with van der Waals surface area (Å²) in [7, 11) is 0. The summed E-state index contributed by atoms with van der Waals surface area (Å²) >= 11 is 5.67. The predicted molar refractivity (Wildman–Crippen MR) is 58.2 cm³/mol. The number of halogens is 2. The molecule has 0 radical (unpaired) electrons. The highest BCUT2D eigenvalue weighted by Gasteiger charge is 2.45. The Kier molecular flexibility index (Phi) is 2.86. The second kappa shape index (κ2) is 4.03. The molecule has 3 nitrogen and oxygen atoms in total. The predicted octanol–water partition coefficient (Wildman–Crippen LogP) is 1.79. The van der Waals surface area contributed by atoms with Gasteiger partial charge in [0.15, 0.2) is 0 Å². The molecule has 0 aliphatic carbocycles. The molecule has 1 unspecified atom stereocenters. The van der Waals surface area contributed by atoms with Gasteiger partial charge in [-0.25, -0.2) is 4.39 Å². The number of hydrogen-bond acceptors (Lipinski definition) is 2. The van der Waals surface area contributed by atoms with Crippen LogP contribution in [0.15, 0.2) is 18.2 Å². The molecule has 16 heavy (non-hydrogen) atoms. The van der Waals surface area contributed by atoms with Crippen LogP contribution in [0.4, 0.5) is 4.39 Å². The van der Waals surface area contributed by atoms with Gasteiger partial charge in [0.05, 0.1) is 5.02 Å². The highest BCUT2D eigenvalue weighted by atomic mass is 35.5. The lowest BCUT2D eigenvalue weighted by Gasteiger charge is -2.24. The van der Waals surface area contributed by atoms with Crippen LogP contribution in [0.3, 0.4) is 0 Å². The summed E-state index contributed by atoms with van der Waals surface area (Å²) in [5.41, 5.74) is -1.02. The molecule has 1 aliphatic rings. The van der Waals surface area contributed by atoms with E-state index < -0.39 is 17.2 Å². The summed E-state index contributed by atoms with van der Waals surface area (Å²) in [6.45, 7) is 0.803. The smallest absolute Gasteiger partial charge is 0.315 e. The van der Waals surface area contributed by atoms with Gasteiger partial charge in [-0.2, -0.15) is 0 Å². The van der Waals surface area contributed by atoms with Crippen molar-refractivity contribution in [3.63, 3.8) is 0 Å². The molecule has 1 aliphatic heterocycles. The van der Waals surface area contributed by atoms with E-state index in [2.05, 4.69) is 5.32 Å². The zero-order valence-electron chi connectivity index (χ0n) is 8.46. The number of hydrogen-bond donors (Lipinski definition) is 2. The maximum atomic E-state index is 13.8. The third-order valence-corrected chi connectivity index (χ3v) is 3.32. The zero-order chi connectivity index (χ0) is 11.8. The number of nitrogens with one attached hydrogen (secondary N) is 1. The Morgan fingerprint density at radius 1 is 1.56 bits per heavy atom. The fourth-order valence-corrected chi connectivity index (χ4v) is 2.27. The average molecular weight is 244 g/mol. The Balaban J connectivity index is 2.56. The van der Waals surface area contributed by atoms with Gasteiger partial charge in [-0.1, -0.05) is 23.7 Å². The Morgan fingerprint density at radius 2 is 2.31 bits per heavy atom. The molecule has 1 fully saturated rings. The average Bonchev–Trinajstić information content (AvgIpc) is 2.72. The highest BCUT2D eigenvalue weighted by Crippen LogP contribution is 2.35. The van der Waals surface area contributed by atoms with Gasteiger partial charge in [-0.05, 0) is 19.0 Å². The van der Waals surface area contributed by atoms with E-state index >= 15 is 0 Å². The summed E-state index contributed by atoms with van der Waals surface area (Å²) in [5.74, 6) is -1.64. The lowest BCUT2D eigenvalue weighted by molar-refractivity contribution is -0.143. The van der Waals surface area contributed by atoms with Crippen molar-refractivity contribution in [2.24, 2.45) is 0 Å². The first-order valence-electron chi connectivity index (χ1n) is 4.96. The first-order valence-corrected chi connectivity index (χ1v) is 5.34. The van der Waals surface area contributed by atoms with Gasteiger partial charge in [0.25, 0.3) is 0 Å². The minimum Gasteiger partial charge on any atom is -0.481 e. The second-order valence-electron chi connectivity index (χ2n) is 3.92. The van der Waals surface area contributed by atoms with E-state index in [4.69, 9.17) is 11.6 Å². The summed E-state index contributed by atoms with van der Waals surface area (Å²) in [5, 5.41) is 12.2. The topological polar surface area (TPSA) is 49.3 Å². The molecular formula is C11H11ClFNO2. The first-order chi connectivity index (χ1) is 7.58. The standard InChI is InChI=1S/C11H11ClFNO2/c12-8-3-1-2-7(9(8)13)11(10(15)16)4-5-14-6-11/h1-3,14H,4-6H2,(H,15,16). The molecule has 86 valence electrons. The molecule has 1 heterocycles. The number of rotatable bonds is 2. The highest BCUT2D eigenvalue weighted by molar-refractivity contribution is 6.30. The van der Waals surface area contributed by atoms with Crippen molar-refractivity contribution >= 4 is 17.6 Å². The molecule has 5 heteroatoms. The molecular weight excluding hydrogens is 233 g/mol. The summed E-state index contributed by atoms with van der Waals surface area (Å²) < 4.78 is 13.8. The molecule has 0 bridgehead atoms. The van der Waals surface area contributed by atoms with Gasteiger partial charge < -0.3 is 10.4 Å². The Morgan fingerprint density at radius 3 is 2.88 bits per heavy atom. The molecule has 1 aromatic rings. The minimum absolute atomic E-state index is 0.0370. The van der Waals surface area contributed by atoms with Crippen molar-refractivity contribution in [1.82, 2.24) is 5.32 Å². The fourth-order valence-electron chi connectivity index (χ4n) is 2.09. The Bertz CT molecular complexity index is 430. The van der Waals surface area contributed by atoms with E-state index in [1.807, 2.05) is 0 Å². The van der Waals surface area contributed by atoms with Gasteiger partial charge in [-0.3, -0.25) is 4.79 Å². The van der Waals surface area contributed by atoms with E-state index in [-0.39, 0.29) is 17.1 Å². The van der Waals surface area contributed by atoms with Crippen LogP contribution in [0.25, 0.3) is 0 Å². The summed E-state index contributed by atoms with van der Waals surface area (Å²) in [6, 6.07) is 4.48. The van der Waals surface area contributed by atoms with E-state index in [1.165, 1.54) is 12.1 Å². The summed E-state index contributed by atoms with van der Waals surface area (Å²) in [6.07, 6.45) is 0.375. The van der Waals surface area contributed by atoms with Crippen LogP contribution in [-0.2, 0) is 10.2 Å². The van der Waals surface area contributed by atoms with Crippen LogP contribution in [0.2, 0.25) is 5.02 Å². The molecule has 1 aromatic carbocycles. The summed E-state index contributed by atoms with van der Waals surface area (Å²) in [4.78, 5) is 11.3. The molecule has 1 saturated heterocycles. The lowest BCUT2D eigenvalue weighted by Crippen LogP contribution is -2.38. The fraction of sp³-hybridized carbons (Fsp3) is 0.364. The maximum absolute atomic E-state index is 13.8.